The molecular weight excluding hydrogens is 239 g/mol. The van der Waals surface area contributed by atoms with Crippen LogP contribution < -0.4 is 10.2 Å². The third-order valence-corrected chi connectivity index (χ3v) is 3.68. The summed E-state index contributed by atoms with van der Waals surface area (Å²) in [5, 5.41) is 3.41. The number of anilines is 1. The lowest BCUT2D eigenvalue weighted by Gasteiger charge is -2.23. The van der Waals surface area contributed by atoms with Crippen molar-refractivity contribution in [1.29, 1.82) is 0 Å². The van der Waals surface area contributed by atoms with Gasteiger partial charge in [-0.2, -0.15) is 0 Å². The molecule has 0 saturated carbocycles. The van der Waals surface area contributed by atoms with Crippen LogP contribution >= 0.6 is 0 Å². The van der Waals surface area contributed by atoms with Gasteiger partial charge in [0.2, 0.25) is 0 Å². The van der Waals surface area contributed by atoms with E-state index in [1.54, 1.807) is 6.07 Å². The first kappa shape index (κ1) is 14.3. The molecule has 19 heavy (non-hydrogen) atoms. The Kier molecular flexibility index (Phi) is 4.81. The minimum Gasteiger partial charge on any atom is -0.369 e. The summed E-state index contributed by atoms with van der Waals surface area (Å²) in [5.74, 6) is 1.19. The van der Waals surface area contributed by atoms with Gasteiger partial charge in [0.1, 0.15) is 5.82 Å². The SMILES string of the molecule is CC(C)CNCc1cccc(F)c1N1CCC(C)C1. The van der Waals surface area contributed by atoms with Gasteiger partial charge in [0.15, 0.2) is 0 Å². The van der Waals surface area contributed by atoms with Gasteiger partial charge in [0.05, 0.1) is 5.69 Å². The van der Waals surface area contributed by atoms with Crippen LogP contribution in [-0.2, 0) is 6.54 Å². The van der Waals surface area contributed by atoms with E-state index >= 15 is 0 Å². The Labute approximate surface area is 116 Å². The highest BCUT2D eigenvalue weighted by Crippen LogP contribution is 2.29. The van der Waals surface area contributed by atoms with Gasteiger partial charge in [-0.1, -0.05) is 32.9 Å². The fourth-order valence-corrected chi connectivity index (χ4v) is 2.69. The normalized spacial score (nSPS) is 19.4. The van der Waals surface area contributed by atoms with Gasteiger partial charge in [-0.05, 0) is 36.4 Å². The molecule has 0 bridgehead atoms. The molecule has 1 aliphatic rings. The molecule has 1 aromatic carbocycles. The molecule has 3 heteroatoms. The fraction of sp³-hybridized carbons (Fsp3) is 0.625. The van der Waals surface area contributed by atoms with E-state index in [9.17, 15) is 4.39 Å². The van der Waals surface area contributed by atoms with Crippen LogP contribution in [0.2, 0.25) is 0 Å². The molecule has 2 nitrogen and oxygen atoms in total. The van der Waals surface area contributed by atoms with Crippen molar-refractivity contribution in [3.05, 3.63) is 29.6 Å². The number of benzene rings is 1. The standard InChI is InChI=1S/C16H25FN2/c1-12(2)9-18-10-14-5-4-6-15(17)16(14)19-8-7-13(3)11-19/h4-6,12-13,18H,7-11H2,1-3H3. The molecule has 1 heterocycles. The predicted molar refractivity (Wildman–Crippen MR) is 78.9 cm³/mol. The van der Waals surface area contributed by atoms with Crippen molar-refractivity contribution >= 4 is 5.69 Å². The fourth-order valence-electron chi connectivity index (χ4n) is 2.69. The van der Waals surface area contributed by atoms with Gasteiger partial charge in [-0.15, -0.1) is 0 Å². The van der Waals surface area contributed by atoms with Gasteiger partial charge in [-0.25, -0.2) is 4.39 Å². The third-order valence-electron chi connectivity index (χ3n) is 3.68. The minimum atomic E-state index is -0.0852. The molecule has 0 radical (unpaired) electrons. The van der Waals surface area contributed by atoms with Crippen LogP contribution in [0, 0.1) is 17.7 Å². The molecule has 1 aliphatic heterocycles. The largest absolute Gasteiger partial charge is 0.369 e. The second kappa shape index (κ2) is 6.38. The van der Waals surface area contributed by atoms with E-state index in [0.29, 0.717) is 11.8 Å². The number of hydrogen-bond donors (Lipinski definition) is 1. The molecule has 2 rings (SSSR count). The quantitative estimate of drug-likeness (QED) is 0.876. The van der Waals surface area contributed by atoms with Gasteiger partial charge in [0.25, 0.3) is 0 Å². The summed E-state index contributed by atoms with van der Waals surface area (Å²) in [7, 11) is 0. The summed E-state index contributed by atoms with van der Waals surface area (Å²) in [6.07, 6.45) is 1.16. The van der Waals surface area contributed by atoms with E-state index in [-0.39, 0.29) is 5.82 Å². The Hall–Kier alpha value is -1.09. The molecule has 1 fully saturated rings. The van der Waals surface area contributed by atoms with Crippen LogP contribution in [0.25, 0.3) is 0 Å². The number of rotatable bonds is 5. The molecule has 0 aromatic heterocycles. The minimum absolute atomic E-state index is 0.0852. The maximum absolute atomic E-state index is 14.1. The first-order valence-electron chi connectivity index (χ1n) is 7.31. The highest BCUT2D eigenvalue weighted by atomic mass is 19.1. The zero-order valence-electron chi connectivity index (χ0n) is 12.2. The van der Waals surface area contributed by atoms with Crippen molar-refractivity contribution in [2.45, 2.75) is 33.7 Å². The molecule has 0 aliphatic carbocycles. The van der Waals surface area contributed by atoms with Crippen LogP contribution in [0.1, 0.15) is 32.8 Å². The van der Waals surface area contributed by atoms with Crippen molar-refractivity contribution in [2.75, 3.05) is 24.5 Å². The molecule has 106 valence electrons. The van der Waals surface area contributed by atoms with Crippen LogP contribution in [0.15, 0.2) is 18.2 Å². The summed E-state index contributed by atoms with van der Waals surface area (Å²) < 4.78 is 14.1. The van der Waals surface area contributed by atoms with E-state index < -0.39 is 0 Å². The monoisotopic (exact) mass is 264 g/mol. The topological polar surface area (TPSA) is 15.3 Å². The van der Waals surface area contributed by atoms with E-state index in [1.807, 2.05) is 12.1 Å². The predicted octanol–water partition coefficient (Wildman–Crippen LogP) is 3.42. The van der Waals surface area contributed by atoms with E-state index in [0.717, 1.165) is 43.9 Å². The van der Waals surface area contributed by atoms with Crippen molar-refractivity contribution in [2.24, 2.45) is 11.8 Å². The van der Waals surface area contributed by atoms with Gasteiger partial charge < -0.3 is 10.2 Å². The van der Waals surface area contributed by atoms with Crippen LogP contribution in [0.5, 0.6) is 0 Å². The smallest absolute Gasteiger partial charge is 0.146 e. The summed E-state index contributed by atoms with van der Waals surface area (Å²) in [5.41, 5.74) is 1.89. The lowest BCUT2D eigenvalue weighted by atomic mass is 10.1. The van der Waals surface area contributed by atoms with Crippen molar-refractivity contribution in [1.82, 2.24) is 5.32 Å². The Bertz CT molecular complexity index is 417. The number of nitrogens with zero attached hydrogens (tertiary/aromatic N) is 1. The lowest BCUT2D eigenvalue weighted by molar-refractivity contribution is 0.549. The summed E-state index contributed by atoms with van der Waals surface area (Å²) in [6, 6.07) is 5.42. The molecule has 0 amide bonds. The highest BCUT2D eigenvalue weighted by molar-refractivity contribution is 5.55. The molecule has 1 unspecified atom stereocenters. The Morgan fingerprint density at radius 2 is 2.21 bits per heavy atom. The molecular formula is C16H25FN2. The number of nitrogens with one attached hydrogen (secondary N) is 1. The highest BCUT2D eigenvalue weighted by Gasteiger charge is 2.23. The number of hydrogen-bond acceptors (Lipinski definition) is 2. The lowest BCUT2D eigenvalue weighted by Crippen LogP contribution is -2.25. The molecule has 0 spiro atoms. The Morgan fingerprint density at radius 1 is 1.42 bits per heavy atom. The molecule has 1 aromatic rings. The van der Waals surface area contributed by atoms with Crippen LogP contribution in [-0.4, -0.2) is 19.6 Å². The summed E-state index contributed by atoms with van der Waals surface area (Å²) in [4.78, 5) is 2.20. The van der Waals surface area contributed by atoms with Gasteiger partial charge >= 0.3 is 0 Å². The molecule has 1 saturated heterocycles. The second-order valence-electron chi connectivity index (χ2n) is 6.11. The van der Waals surface area contributed by atoms with Crippen LogP contribution in [0.4, 0.5) is 10.1 Å². The average molecular weight is 264 g/mol. The van der Waals surface area contributed by atoms with Crippen molar-refractivity contribution < 1.29 is 4.39 Å². The number of para-hydroxylation sites is 1. The zero-order valence-corrected chi connectivity index (χ0v) is 12.2. The average Bonchev–Trinajstić information content (AvgIpc) is 2.75. The van der Waals surface area contributed by atoms with Gasteiger partial charge in [-0.3, -0.25) is 0 Å². The second-order valence-corrected chi connectivity index (χ2v) is 6.11. The van der Waals surface area contributed by atoms with Gasteiger partial charge in [0, 0.05) is 19.6 Å². The number of halogens is 1. The van der Waals surface area contributed by atoms with Crippen molar-refractivity contribution in [3.63, 3.8) is 0 Å². The van der Waals surface area contributed by atoms with E-state index in [2.05, 4.69) is 31.0 Å². The first-order chi connectivity index (χ1) is 9.08. The Morgan fingerprint density at radius 3 is 2.84 bits per heavy atom. The maximum Gasteiger partial charge on any atom is 0.146 e. The summed E-state index contributed by atoms with van der Waals surface area (Å²) in [6.45, 7) is 10.3. The summed E-state index contributed by atoms with van der Waals surface area (Å²) >= 11 is 0. The van der Waals surface area contributed by atoms with E-state index in [1.165, 1.54) is 0 Å². The Balaban J connectivity index is 2.11. The molecule has 1 atom stereocenters. The van der Waals surface area contributed by atoms with Crippen LogP contribution in [0.3, 0.4) is 0 Å². The van der Waals surface area contributed by atoms with Crippen molar-refractivity contribution in [3.8, 4) is 0 Å². The maximum atomic E-state index is 14.1. The third kappa shape index (κ3) is 3.69. The first-order valence-corrected chi connectivity index (χ1v) is 7.31. The molecule has 1 N–H and O–H groups in total. The zero-order chi connectivity index (χ0) is 13.8. The van der Waals surface area contributed by atoms with E-state index in [4.69, 9.17) is 0 Å².